The van der Waals surface area contributed by atoms with E-state index in [1.54, 1.807) is 12.1 Å². The van der Waals surface area contributed by atoms with Crippen LogP contribution in [-0.2, 0) is 10.2 Å². The lowest BCUT2D eigenvalue weighted by molar-refractivity contribution is 0.602. The number of hydrogen-bond donors (Lipinski definition) is 3. The number of amidine groups is 1. The summed E-state index contributed by atoms with van der Waals surface area (Å²) in [6.07, 6.45) is 4.66. The normalized spacial score (nSPS) is 15.9. The second-order valence-corrected chi connectivity index (χ2v) is 6.11. The minimum absolute atomic E-state index is 0.0235. The second kappa shape index (κ2) is 6.13. The molecule has 7 heteroatoms. The van der Waals surface area contributed by atoms with E-state index in [-0.39, 0.29) is 5.84 Å². The number of unbranched alkanes of at least 4 members (excludes halogenated alkanes) is 3. The highest BCUT2D eigenvalue weighted by Crippen LogP contribution is 2.28. The van der Waals surface area contributed by atoms with Crippen molar-refractivity contribution < 1.29 is 8.42 Å². The molecule has 0 saturated heterocycles. The van der Waals surface area contributed by atoms with Crippen LogP contribution in [0.5, 0.6) is 0 Å². The summed E-state index contributed by atoms with van der Waals surface area (Å²) in [7, 11) is -3.71. The van der Waals surface area contributed by atoms with Gasteiger partial charge in [-0.1, -0.05) is 32.3 Å². The maximum Gasteiger partial charge on any atom is 0.344 e. The molecule has 0 aromatic heterocycles. The van der Waals surface area contributed by atoms with E-state index in [1.165, 1.54) is 19.3 Å². The van der Waals surface area contributed by atoms with Gasteiger partial charge in [-0.05, 0) is 18.6 Å². The van der Waals surface area contributed by atoms with Gasteiger partial charge >= 0.3 is 10.2 Å². The number of anilines is 2. The van der Waals surface area contributed by atoms with Crippen LogP contribution < -0.4 is 15.8 Å². The molecule has 2 rings (SSSR count). The van der Waals surface area contributed by atoms with Gasteiger partial charge in [0, 0.05) is 12.2 Å². The monoisotopic (exact) mass is 296 g/mol. The van der Waals surface area contributed by atoms with Crippen molar-refractivity contribution in [3.8, 4) is 0 Å². The van der Waals surface area contributed by atoms with E-state index in [2.05, 4.69) is 21.4 Å². The zero-order valence-electron chi connectivity index (χ0n) is 11.5. The number of nitrogens with two attached hydrogens (primary N) is 1. The molecule has 6 nitrogen and oxygen atoms in total. The van der Waals surface area contributed by atoms with E-state index in [0.29, 0.717) is 11.3 Å². The number of nitrogens with zero attached hydrogens (tertiary/aromatic N) is 1. The van der Waals surface area contributed by atoms with E-state index in [4.69, 9.17) is 5.73 Å². The largest absolute Gasteiger partial charge is 0.384 e. The van der Waals surface area contributed by atoms with Crippen molar-refractivity contribution in [3.05, 3.63) is 23.8 Å². The Hall–Kier alpha value is -1.76. The van der Waals surface area contributed by atoms with Crippen molar-refractivity contribution in [2.45, 2.75) is 32.6 Å². The Labute approximate surface area is 119 Å². The average molecular weight is 296 g/mol. The molecule has 0 bridgehead atoms. The molecule has 0 aliphatic carbocycles. The lowest BCUT2D eigenvalue weighted by Gasteiger charge is -2.19. The Morgan fingerprint density at radius 2 is 2.10 bits per heavy atom. The predicted octanol–water partition coefficient (Wildman–Crippen LogP) is 2.05. The molecular formula is C13H20N4O2S. The van der Waals surface area contributed by atoms with Crippen molar-refractivity contribution in [3.63, 3.8) is 0 Å². The van der Waals surface area contributed by atoms with Crippen LogP contribution in [0.3, 0.4) is 0 Å². The van der Waals surface area contributed by atoms with Gasteiger partial charge in [0.1, 0.15) is 5.84 Å². The maximum absolute atomic E-state index is 11.5. The Morgan fingerprint density at radius 1 is 1.30 bits per heavy atom. The summed E-state index contributed by atoms with van der Waals surface area (Å²) in [4.78, 5) is 0. The molecular weight excluding hydrogens is 276 g/mol. The van der Waals surface area contributed by atoms with Crippen LogP contribution in [0.4, 0.5) is 11.4 Å². The Balaban J connectivity index is 2.13. The summed E-state index contributed by atoms with van der Waals surface area (Å²) >= 11 is 0. The fraction of sp³-hybridized carbons (Fsp3) is 0.462. The van der Waals surface area contributed by atoms with Crippen LogP contribution in [0.15, 0.2) is 22.6 Å². The minimum atomic E-state index is -3.71. The van der Waals surface area contributed by atoms with Gasteiger partial charge in [0.05, 0.1) is 11.3 Å². The van der Waals surface area contributed by atoms with Crippen molar-refractivity contribution in [2.75, 3.05) is 16.6 Å². The molecule has 0 saturated carbocycles. The quantitative estimate of drug-likeness (QED) is 0.700. The summed E-state index contributed by atoms with van der Waals surface area (Å²) in [6, 6.07) is 5.34. The zero-order chi connectivity index (χ0) is 14.6. The molecule has 110 valence electrons. The Bertz CT molecular complexity index is 611. The molecule has 4 N–H and O–H groups in total. The van der Waals surface area contributed by atoms with Crippen molar-refractivity contribution in [2.24, 2.45) is 10.1 Å². The fourth-order valence-corrected chi connectivity index (χ4v) is 3.02. The highest BCUT2D eigenvalue weighted by atomic mass is 32.2. The lowest BCUT2D eigenvalue weighted by Crippen LogP contribution is -2.27. The molecule has 1 heterocycles. The minimum Gasteiger partial charge on any atom is -0.384 e. The predicted molar refractivity (Wildman–Crippen MR) is 82.3 cm³/mol. The molecule has 1 aromatic rings. The molecule has 1 aromatic carbocycles. The smallest absolute Gasteiger partial charge is 0.344 e. The van der Waals surface area contributed by atoms with E-state index in [0.717, 1.165) is 18.7 Å². The first-order chi connectivity index (χ1) is 9.53. The van der Waals surface area contributed by atoms with Crippen LogP contribution in [0.25, 0.3) is 0 Å². The zero-order valence-corrected chi connectivity index (χ0v) is 12.3. The molecule has 0 amide bonds. The highest BCUT2D eigenvalue weighted by Gasteiger charge is 2.23. The molecule has 0 unspecified atom stereocenters. The molecule has 0 atom stereocenters. The van der Waals surface area contributed by atoms with Gasteiger partial charge in [-0.15, -0.1) is 4.40 Å². The van der Waals surface area contributed by atoms with Crippen LogP contribution in [0.2, 0.25) is 0 Å². The van der Waals surface area contributed by atoms with Crippen LogP contribution >= 0.6 is 0 Å². The third-order valence-electron chi connectivity index (χ3n) is 3.12. The number of hydrogen-bond acceptors (Lipinski definition) is 4. The molecule has 0 fully saturated rings. The van der Waals surface area contributed by atoms with Gasteiger partial charge < -0.3 is 11.1 Å². The van der Waals surface area contributed by atoms with Crippen molar-refractivity contribution in [1.82, 2.24) is 0 Å². The van der Waals surface area contributed by atoms with E-state index in [9.17, 15) is 8.42 Å². The van der Waals surface area contributed by atoms with E-state index in [1.807, 2.05) is 6.07 Å². The Kier molecular flexibility index (Phi) is 4.49. The number of rotatable bonds is 6. The van der Waals surface area contributed by atoms with Gasteiger partial charge in [0.2, 0.25) is 0 Å². The summed E-state index contributed by atoms with van der Waals surface area (Å²) in [5.74, 6) is 0.0235. The first-order valence-corrected chi connectivity index (χ1v) is 8.23. The third-order valence-corrected chi connectivity index (χ3v) is 4.04. The van der Waals surface area contributed by atoms with Crippen molar-refractivity contribution in [1.29, 1.82) is 0 Å². The molecule has 1 aliphatic rings. The first-order valence-electron chi connectivity index (χ1n) is 6.79. The lowest BCUT2D eigenvalue weighted by atomic mass is 10.1. The topological polar surface area (TPSA) is 96.6 Å². The van der Waals surface area contributed by atoms with Gasteiger partial charge in [-0.2, -0.15) is 8.42 Å². The van der Waals surface area contributed by atoms with Crippen molar-refractivity contribution >= 4 is 27.4 Å². The van der Waals surface area contributed by atoms with E-state index < -0.39 is 10.2 Å². The first kappa shape index (κ1) is 14.6. The van der Waals surface area contributed by atoms with Gasteiger partial charge in [0.15, 0.2) is 0 Å². The Morgan fingerprint density at radius 3 is 2.85 bits per heavy atom. The highest BCUT2D eigenvalue weighted by molar-refractivity contribution is 7.91. The molecule has 0 radical (unpaired) electrons. The fourth-order valence-electron chi connectivity index (χ4n) is 2.17. The van der Waals surface area contributed by atoms with Gasteiger partial charge in [0.25, 0.3) is 0 Å². The summed E-state index contributed by atoms with van der Waals surface area (Å²) in [5.41, 5.74) is 7.67. The van der Waals surface area contributed by atoms with Crippen LogP contribution in [-0.4, -0.2) is 20.8 Å². The van der Waals surface area contributed by atoms with Crippen LogP contribution in [0.1, 0.15) is 38.2 Å². The van der Waals surface area contributed by atoms with Gasteiger partial charge in [-0.3, -0.25) is 4.72 Å². The number of fused-ring (bicyclic) bond motifs is 1. The number of benzene rings is 1. The van der Waals surface area contributed by atoms with Gasteiger partial charge in [-0.25, -0.2) is 0 Å². The maximum atomic E-state index is 11.5. The summed E-state index contributed by atoms with van der Waals surface area (Å²) < 4.78 is 28.8. The van der Waals surface area contributed by atoms with Crippen LogP contribution in [0, 0.1) is 0 Å². The average Bonchev–Trinajstić information content (AvgIpc) is 2.36. The molecule has 1 aliphatic heterocycles. The molecule has 0 spiro atoms. The standard InChI is InChI=1S/C13H20N4O2S/c1-2-3-4-5-9-15-10-7-6-8-11-12(10)13(14)17-20(18,19)16-11/h6-8,15-16H,2-5,9H2,1H3,(H2,14,17). The summed E-state index contributed by atoms with van der Waals surface area (Å²) in [6.45, 7) is 3.00. The van der Waals surface area contributed by atoms with E-state index >= 15 is 0 Å². The third kappa shape index (κ3) is 3.41. The molecule has 20 heavy (non-hydrogen) atoms. The summed E-state index contributed by atoms with van der Waals surface area (Å²) in [5, 5.41) is 3.29. The SMILES string of the molecule is CCCCCCNc1cccc2c1C(N)=NS(=O)(=O)N2. The second-order valence-electron chi connectivity index (χ2n) is 4.77. The number of nitrogens with one attached hydrogen (secondary N) is 2.